The van der Waals surface area contributed by atoms with Crippen molar-refractivity contribution in [2.24, 2.45) is 17.8 Å². The first-order valence-corrected chi connectivity index (χ1v) is 9.84. The van der Waals surface area contributed by atoms with Crippen LogP contribution in [-0.2, 0) is 16.0 Å². The molecule has 4 rings (SSSR count). The maximum absolute atomic E-state index is 12.6. The van der Waals surface area contributed by atoms with Crippen molar-refractivity contribution in [2.75, 3.05) is 19.8 Å². The minimum absolute atomic E-state index is 0.0168. The first-order valence-electron chi connectivity index (χ1n) is 9.84. The monoisotopic (exact) mass is 340 g/mol. The number of carbonyl (C=O) groups excluding carboxylic acids is 2. The molecule has 0 unspecified atom stereocenters. The van der Waals surface area contributed by atoms with E-state index in [2.05, 4.69) is 35.2 Å². The summed E-state index contributed by atoms with van der Waals surface area (Å²) in [6, 6.07) is 10.7. The molecule has 0 radical (unpaired) electrons. The van der Waals surface area contributed by atoms with Crippen LogP contribution < -0.4 is 0 Å². The Labute approximate surface area is 150 Å². The number of likely N-dealkylation sites (tertiary alicyclic amines) is 2. The quantitative estimate of drug-likeness (QED) is 0.791. The maximum atomic E-state index is 12.6. The molecule has 0 aromatic heterocycles. The molecule has 3 fully saturated rings. The van der Waals surface area contributed by atoms with Crippen LogP contribution in [0.2, 0.25) is 0 Å². The van der Waals surface area contributed by atoms with Gasteiger partial charge in [-0.05, 0) is 43.6 Å². The topological polar surface area (TPSA) is 40.6 Å². The van der Waals surface area contributed by atoms with Crippen LogP contribution in [-0.4, -0.2) is 41.4 Å². The van der Waals surface area contributed by atoms with Crippen LogP contribution in [0.15, 0.2) is 30.3 Å². The highest BCUT2D eigenvalue weighted by Crippen LogP contribution is 2.38. The Morgan fingerprint density at radius 2 is 1.44 bits per heavy atom. The Morgan fingerprint density at radius 3 is 2.04 bits per heavy atom. The van der Waals surface area contributed by atoms with Crippen LogP contribution in [0.25, 0.3) is 0 Å². The molecule has 0 bridgehead atoms. The van der Waals surface area contributed by atoms with Gasteiger partial charge in [0, 0.05) is 13.1 Å². The smallest absolute Gasteiger partial charge is 0.234 e. The normalized spacial score (nSPS) is 28.4. The fourth-order valence-corrected chi connectivity index (χ4v) is 4.85. The van der Waals surface area contributed by atoms with Crippen LogP contribution in [0.5, 0.6) is 0 Å². The molecule has 2 atom stereocenters. The lowest BCUT2D eigenvalue weighted by molar-refractivity contribution is -0.142. The minimum atomic E-state index is -0.0168. The molecule has 2 saturated heterocycles. The summed E-state index contributed by atoms with van der Waals surface area (Å²) < 4.78 is 0. The van der Waals surface area contributed by atoms with E-state index in [-0.39, 0.29) is 23.7 Å². The Kier molecular flexibility index (Phi) is 4.89. The van der Waals surface area contributed by atoms with Crippen molar-refractivity contribution in [1.82, 2.24) is 9.80 Å². The third-order valence-corrected chi connectivity index (χ3v) is 6.35. The Bertz CT molecular complexity index is 598. The van der Waals surface area contributed by atoms with E-state index in [0.717, 1.165) is 58.0 Å². The summed E-state index contributed by atoms with van der Waals surface area (Å²) in [4.78, 5) is 29.1. The number of rotatable bonds is 4. The summed E-state index contributed by atoms with van der Waals surface area (Å²) in [7, 11) is 0. The standard InChI is InChI=1S/C21H28N2O2/c24-20-18-8-4-5-9-19(18)21(25)23(20)15-22-12-10-17(11-13-22)14-16-6-2-1-3-7-16/h1-3,6-7,17-19H,4-5,8-15H2/t18-,19-/m0/s1. The highest BCUT2D eigenvalue weighted by atomic mass is 16.2. The van der Waals surface area contributed by atoms with Gasteiger partial charge in [-0.1, -0.05) is 43.2 Å². The highest BCUT2D eigenvalue weighted by molar-refractivity contribution is 6.05. The second kappa shape index (κ2) is 7.28. The molecule has 1 aromatic rings. The van der Waals surface area contributed by atoms with Crippen LogP contribution in [0, 0.1) is 17.8 Å². The van der Waals surface area contributed by atoms with Gasteiger partial charge in [0.15, 0.2) is 0 Å². The van der Waals surface area contributed by atoms with E-state index >= 15 is 0 Å². The zero-order valence-electron chi connectivity index (χ0n) is 14.9. The van der Waals surface area contributed by atoms with Gasteiger partial charge < -0.3 is 0 Å². The average molecular weight is 340 g/mol. The zero-order chi connectivity index (χ0) is 17.2. The fraction of sp³-hybridized carbons (Fsp3) is 0.619. The van der Waals surface area contributed by atoms with Gasteiger partial charge in [0.2, 0.25) is 11.8 Å². The van der Waals surface area contributed by atoms with Crippen molar-refractivity contribution >= 4 is 11.8 Å². The summed E-state index contributed by atoms with van der Waals surface area (Å²) in [5, 5.41) is 0. The molecule has 1 aromatic carbocycles. The van der Waals surface area contributed by atoms with E-state index in [9.17, 15) is 9.59 Å². The SMILES string of the molecule is O=C1[C@H]2CCCC[C@@H]2C(=O)N1CN1CCC(Cc2ccccc2)CC1. The molecular weight excluding hydrogens is 312 g/mol. The second-order valence-corrected chi connectivity index (χ2v) is 7.99. The van der Waals surface area contributed by atoms with E-state index in [4.69, 9.17) is 0 Å². The summed E-state index contributed by atoms with van der Waals surface area (Å²) in [5.41, 5.74) is 1.41. The molecule has 4 heteroatoms. The van der Waals surface area contributed by atoms with Gasteiger partial charge >= 0.3 is 0 Å². The molecule has 1 saturated carbocycles. The zero-order valence-corrected chi connectivity index (χ0v) is 14.9. The van der Waals surface area contributed by atoms with E-state index in [0.29, 0.717) is 12.6 Å². The van der Waals surface area contributed by atoms with Gasteiger partial charge in [-0.3, -0.25) is 19.4 Å². The number of benzene rings is 1. The van der Waals surface area contributed by atoms with E-state index in [1.807, 2.05) is 0 Å². The first kappa shape index (κ1) is 16.8. The van der Waals surface area contributed by atoms with Crippen molar-refractivity contribution in [3.05, 3.63) is 35.9 Å². The van der Waals surface area contributed by atoms with Gasteiger partial charge in [0.1, 0.15) is 0 Å². The van der Waals surface area contributed by atoms with Crippen LogP contribution in [0.1, 0.15) is 44.1 Å². The van der Waals surface area contributed by atoms with Crippen LogP contribution >= 0.6 is 0 Å². The lowest BCUT2D eigenvalue weighted by Crippen LogP contribution is -2.45. The molecular formula is C21H28N2O2. The lowest BCUT2D eigenvalue weighted by atomic mass is 9.81. The summed E-state index contributed by atoms with van der Waals surface area (Å²) in [5.74, 6) is 0.877. The lowest BCUT2D eigenvalue weighted by Gasteiger charge is -2.34. The van der Waals surface area contributed by atoms with Gasteiger partial charge in [-0.2, -0.15) is 0 Å². The number of nitrogens with zero attached hydrogens (tertiary/aromatic N) is 2. The molecule has 25 heavy (non-hydrogen) atoms. The number of amides is 2. The third kappa shape index (κ3) is 3.50. The van der Waals surface area contributed by atoms with E-state index in [1.165, 1.54) is 5.56 Å². The minimum Gasteiger partial charge on any atom is -0.286 e. The van der Waals surface area contributed by atoms with Crippen molar-refractivity contribution < 1.29 is 9.59 Å². The molecule has 2 heterocycles. The molecule has 2 aliphatic heterocycles. The molecule has 1 aliphatic carbocycles. The Hall–Kier alpha value is -1.68. The van der Waals surface area contributed by atoms with Gasteiger partial charge in [-0.15, -0.1) is 0 Å². The number of imide groups is 1. The van der Waals surface area contributed by atoms with Crippen LogP contribution in [0.3, 0.4) is 0 Å². The van der Waals surface area contributed by atoms with Gasteiger partial charge in [-0.25, -0.2) is 0 Å². The molecule has 134 valence electrons. The van der Waals surface area contributed by atoms with Gasteiger partial charge in [0.05, 0.1) is 18.5 Å². The van der Waals surface area contributed by atoms with E-state index in [1.54, 1.807) is 4.90 Å². The van der Waals surface area contributed by atoms with Crippen molar-refractivity contribution in [1.29, 1.82) is 0 Å². The number of piperidine rings is 1. The largest absolute Gasteiger partial charge is 0.286 e. The maximum Gasteiger partial charge on any atom is 0.234 e. The Balaban J connectivity index is 1.30. The molecule has 2 amide bonds. The summed E-state index contributed by atoms with van der Waals surface area (Å²) in [6.07, 6.45) is 7.45. The predicted molar refractivity (Wildman–Crippen MR) is 96.6 cm³/mol. The van der Waals surface area contributed by atoms with Crippen LogP contribution in [0.4, 0.5) is 0 Å². The van der Waals surface area contributed by atoms with Crippen molar-refractivity contribution in [2.45, 2.75) is 44.9 Å². The third-order valence-electron chi connectivity index (χ3n) is 6.35. The number of fused-ring (bicyclic) bond motifs is 1. The number of carbonyl (C=O) groups is 2. The van der Waals surface area contributed by atoms with E-state index < -0.39 is 0 Å². The molecule has 4 nitrogen and oxygen atoms in total. The summed E-state index contributed by atoms with van der Waals surface area (Å²) in [6.45, 7) is 2.50. The Morgan fingerprint density at radius 1 is 0.840 bits per heavy atom. The number of hydrogen-bond donors (Lipinski definition) is 0. The van der Waals surface area contributed by atoms with Crippen molar-refractivity contribution in [3.8, 4) is 0 Å². The molecule has 3 aliphatic rings. The first-order chi connectivity index (χ1) is 12.2. The summed E-state index contributed by atoms with van der Waals surface area (Å²) >= 11 is 0. The average Bonchev–Trinajstić information content (AvgIpc) is 2.89. The van der Waals surface area contributed by atoms with Gasteiger partial charge in [0.25, 0.3) is 0 Å². The highest BCUT2D eigenvalue weighted by Gasteiger charge is 2.48. The predicted octanol–water partition coefficient (Wildman–Crippen LogP) is 3.07. The molecule has 0 N–H and O–H groups in total. The number of hydrogen-bond acceptors (Lipinski definition) is 3. The fourth-order valence-electron chi connectivity index (χ4n) is 4.85. The second-order valence-electron chi connectivity index (χ2n) is 7.99. The molecule has 0 spiro atoms. The van der Waals surface area contributed by atoms with Crippen molar-refractivity contribution in [3.63, 3.8) is 0 Å².